The predicted octanol–water partition coefficient (Wildman–Crippen LogP) is 2.22. The van der Waals surface area contributed by atoms with Gasteiger partial charge in [-0.1, -0.05) is 6.42 Å². The Bertz CT molecular complexity index is 329. The number of hydrogen-bond donors (Lipinski definition) is 0. The Hall–Kier alpha value is -0.710. The minimum atomic E-state index is -0.207. The molecule has 0 N–H and O–H groups in total. The molecule has 108 valence electrons. The van der Waals surface area contributed by atoms with Gasteiger partial charge in [0.25, 0.3) is 0 Å². The zero-order chi connectivity index (χ0) is 13.7. The van der Waals surface area contributed by atoms with Gasteiger partial charge in [-0.3, -0.25) is 9.59 Å². The van der Waals surface area contributed by atoms with Gasteiger partial charge < -0.3 is 9.64 Å². The molecule has 0 aromatic carbocycles. The van der Waals surface area contributed by atoms with E-state index >= 15 is 0 Å². The van der Waals surface area contributed by atoms with Crippen molar-refractivity contribution in [2.75, 3.05) is 19.4 Å². The largest absolute Gasteiger partial charge is 0.469 e. The van der Waals surface area contributed by atoms with Gasteiger partial charge in [-0.25, -0.2) is 0 Å². The number of amides is 1. The molecule has 2 heterocycles. The number of hydrogen-bond acceptors (Lipinski definition) is 4. The Morgan fingerprint density at radius 2 is 2.00 bits per heavy atom. The molecule has 5 heteroatoms. The van der Waals surface area contributed by atoms with Gasteiger partial charge in [-0.2, -0.15) is 0 Å². The van der Waals surface area contributed by atoms with Crippen LogP contribution in [0.2, 0.25) is 0 Å². The third kappa shape index (κ3) is 3.88. The molecule has 2 saturated heterocycles. The summed E-state index contributed by atoms with van der Waals surface area (Å²) in [5, 5.41) is 0.118. The molecule has 2 unspecified atom stereocenters. The van der Waals surface area contributed by atoms with E-state index in [9.17, 15) is 9.59 Å². The summed E-state index contributed by atoms with van der Waals surface area (Å²) in [6.07, 6.45) is 6.80. The van der Waals surface area contributed by atoms with Gasteiger partial charge in [-0.15, -0.1) is 11.8 Å². The van der Waals surface area contributed by atoms with E-state index in [0.29, 0.717) is 6.42 Å². The molecule has 19 heavy (non-hydrogen) atoms. The van der Waals surface area contributed by atoms with Crippen LogP contribution in [-0.2, 0) is 14.3 Å². The van der Waals surface area contributed by atoms with Gasteiger partial charge in [0.2, 0.25) is 5.91 Å². The molecule has 0 aromatic heterocycles. The van der Waals surface area contributed by atoms with Crippen LogP contribution in [0, 0.1) is 0 Å². The van der Waals surface area contributed by atoms with Gasteiger partial charge >= 0.3 is 5.97 Å². The first kappa shape index (κ1) is 14.7. The highest BCUT2D eigenvalue weighted by Crippen LogP contribution is 2.29. The number of esters is 1. The maximum atomic E-state index is 12.6. The third-order valence-electron chi connectivity index (χ3n) is 4.00. The van der Waals surface area contributed by atoms with Crippen molar-refractivity contribution in [3.05, 3.63) is 0 Å². The van der Waals surface area contributed by atoms with E-state index in [1.54, 1.807) is 11.8 Å². The topological polar surface area (TPSA) is 46.6 Å². The molecule has 2 aliphatic rings. The number of carbonyl (C=O) groups excluding carboxylic acids is 2. The van der Waals surface area contributed by atoms with Gasteiger partial charge in [0, 0.05) is 12.6 Å². The summed E-state index contributed by atoms with van der Waals surface area (Å²) in [4.78, 5) is 26.0. The molecule has 2 aliphatic heterocycles. The van der Waals surface area contributed by atoms with E-state index in [1.807, 2.05) is 4.90 Å². The molecule has 0 aromatic rings. The van der Waals surface area contributed by atoms with Crippen LogP contribution >= 0.6 is 11.8 Å². The second-order valence-electron chi connectivity index (χ2n) is 5.32. The van der Waals surface area contributed by atoms with Crippen LogP contribution < -0.4 is 0 Å². The lowest BCUT2D eigenvalue weighted by atomic mass is 9.98. The molecule has 2 atom stereocenters. The first-order valence-corrected chi connectivity index (χ1v) is 8.26. The van der Waals surface area contributed by atoms with Crippen molar-refractivity contribution in [3.63, 3.8) is 0 Å². The molecule has 4 nitrogen and oxygen atoms in total. The summed E-state index contributed by atoms with van der Waals surface area (Å²) in [7, 11) is 1.41. The number of carbonyl (C=O) groups is 2. The lowest BCUT2D eigenvalue weighted by molar-refractivity contribution is -0.144. The van der Waals surface area contributed by atoms with Gasteiger partial charge in [-0.05, 0) is 37.9 Å². The molecule has 0 bridgehead atoms. The fraction of sp³-hybridized carbons (Fsp3) is 0.857. The van der Waals surface area contributed by atoms with E-state index in [4.69, 9.17) is 4.74 Å². The summed E-state index contributed by atoms with van der Waals surface area (Å²) >= 11 is 1.78. The highest BCUT2D eigenvalue weighted by Gasteiger charge is 2.33. The molecule has 2 fully saturated rings. The Morgan fingerprint density at radius 3 is 2.68 bits per heavy atom. The van der Waals surface area contributed by atoms with Gasteiger partial charge in [0.05, 0.1) is 18.8 Å². The maximum absolute atomic E-state index is 12.6. The SMILES string of the molecule is COC(=O)CC1CCCCN1C(=O)C1CCCCS1. The molecule has 1 amide bonds. The number of piperidine rings is 1. The smallest absolute Gasteiger partial charge is 0.307 e. The van der Waals surface area contributed by atoms with Crippen LogP contribution in [0.3, 0.4) is 0 Å². The van der Waals surface area contributed by atoms with Crippen molar-refractivity contribution < 1.29 is 14.3 Å². The summed E-state index contributed by atoms with van der Waals surface area (Å²) < 4.78 is 4.74. The second kappa shape index (κ2) is 7.17. The highest BCUT2D eigenvalue weighted by molar-refractivity contribution is 8.00. The highest BCUT2D eigenvalue weighted by atomic mass is 32.2. The number of rotatable bonds is 3. The lowest BCUT2D eigenvalue weighted by Crippen LogP contribution is -2.48. The van der Waals surface area contributed by atoms with Crippen LogP contribution in [0.5, 0.6) is 0 Å². The third-order valence-corrected chi connectivity index (χ3v) is 5.36. The van der Waals surface area contributed by atoms with E-state index < -0.39 is 0 Å². The zero-order valence-electron chi connectivity index (χ0n) is 11.6. The Kier molecular flexibility index (Phi) is 5.55. The summed E-state index contributed by atoms with van der Waals surface area (Å²) in [5.41, 5.74) is 0. The first-order chi connectivity index (χ1) is 9.22. The standard InChI is InChI=1S/C14H23NO3S/c1-18-13(16)10-11-6-2-4-8-15(11)14(17)12-7-3-5-9-19-12/h11-12H,2-10H2,1H3. The van der Waals surface area contributed by atoms with Gasteiger partial charge in [0.1, 0.15) is 0 Å². The first-order valence-electron chi connectivity index (χ1n) is 7.21. The van der Waals surface area contributed by atoms with Crippen molar-refractivity contribution in [1.82, 2.24) is 4.90 Å². The minimum Gasteiger partial charge on any atom is -0.469 e. The zero-order valence-corrected chi connectivity index (χ0v) is 12.4. The monoisotopic (exact) mass is 285 g/mol. The van der Waals surface area contributed by atoms with Crippen molar-refractivity contribution >= 4 is 23.6 Å². The van der Waals surface area contributed by atoms with E-state index in [1.165, 1.54) is 13.5 Å². The summed E-state index contributed by atoms with van der Waals surface area (Å²) in [6, 6.07) is 0.0521. The minimum absolute atomic E-state index is 0.0521. The van der Waals surface area contributed by atoms with Crippen LogP contribution in [0.25, 0.3) is 0 Å². The van der Waals surface area contributed by atoms with Gasteiger partial charge in [0.15, 0.2) is 0 Å². The average Bonchev–Trinajstić information content (AvgIpc) is 2.48. The number of nitrogens with zero attached hydrogens (tertiary/aromatic N) is 1. The van der Waals surface area contributed by atoms with Crippen LogP contribution in [-0.4, -0.2) is 47.5 Å². The fourth-order valence-corrected chi connectivity index (χ4v) is 4.17. The molecule has 0 radical (unpaired) electrons. The van der Waals surface area contributed by atoms with Crippen LogP contribution in [0.1, 0.15) is 44.9 Å². The van der Waals surface area contributed by atoms with E-state index in [0.717, 1.165) is 44.4 Å². The van der Waals surface area contributed by atoms with Crippen LogP contribution in [0.15, 0.2) is 0 Å². The Balaban J connectivity index is 1.97. The van der Waals surface area contributed by atoms with E-state index in [2.05, 4.69) is 0 Å². The predicted molar refractivity (Wildman–Crippen MR) is 76.1 cm³/mol. The average molecular weight is 285 g/mol. The normalized spacial score (nSPS) is 27.9. The van der Waals surface area contributed by atoms with Crippen LogP contribution in [0.4, 0.5) is 0 Å². The molecule has 0 saturated carbocycles. The maximum Gasteiger partial charge on any atom is 0.307 e. The number of likely N-dealkylation sites (tertiary alicyclic amines) is 1. The van der Waals surface area contributed by atoms with Crippen molar-refractivity contribution in [3.8, 4) is 0 Å². The summed E-state index contributed by atoms with van der Waals surface area (Å²) in [5.74, 6) is 1.13. The number of thioether (sulfide) groups is 1. The molecular formula is C14H23NO3S. The Morgan fingerprint density at radius 1 is 1.21 bits per heavy atom. The molecule has 0 aliphatic carbocycles. The number of methoxy groups -OCH3 is 1. The lowest BCUT2D eigenvalue weighted by Gasteiger charge is -2.38. The van der Waals surface area contributed by atoms with E-state index in [-0.39, 0.29) is 23.2 Å². The Labute approximate surface area is 119 Å². The molecule has 0 spiro atoms. The molecular weight excluding hydrogens is 262 g/mol. The van der Waals surface area contributed by atoms with Crippen molar-refractivity contribution in [2.24, 2.45) is 0 Å². The second-order valence-corrected chi connectivity index (χ2v) is 6.63. The van der Waals surface area contributed by atoms with Crippen molar-refractivity contribution in [2.45, 2.75) is 56.2 Å². The quantitative estimate of drug-likeness (QED) is 0.746. The summed E-state index contributed by atoms with van der Waals surface area (Å²) in [6.45, 7) is 0.803. The fourth-order valence-electron chi connectivity index (χ4n) is 2.90. The number of ether oxygens (including phenoxy) is 1. The van der Waals surface area contributed by atoms with Crippen molar-refractivity contribution in [1.29, 1.82) is 0 Å². The molecule has 2 rings (SSSR count).